The molecule has 3 aromatic rings. The van der Waals surface area contributed by atoms with Crippen LogP contribution in [0, 0.1) is 5.92 Å². The van der Waals surface area contributed by atoms with Crippen LogP contribution in [-0.2, 0) is 4.79 Å². The zero-order chi connectivity index (χ0) is 18.1. The van der Waals surface area contributed by atoms with Crippen LogP contribution < -0.4 is 5.32 Å². The largest absolute Gasteiger partial charge is 0.478 e. The number of carbonyl (C=O) groups is 2. The zero-order valence-corrected chi connectivity index (χ0v) is 13.7. The monoisotopic (exact) mass is 349 g/mol. The molecule has 2 heterocycles. The Balaban J connectivity index is 1.62. The predicted molar refractivity (Wildman–Crippen MR) is 92.9 cm³/mol. The average Bonchev–Trinajstić information content (AvgIpc) is 3.39. The highest BCUT2D eigenvalue weighted by atomic mass is 16.4. The van der Waals surface area contributed by atoms with E-state index in [0.717, 1.165) is 12.8 Å². The van der Waals surface area contributed by atoms with Gasteiger partial charge in [-0.25, -0.2) is 9.48 Å². The minimum absolute atomic E-state index is 0.0305. The van der Waals surface area contributed by atoms with E-state index in [1.807, 2.05) is 18.2 Å². The Morgan fingerprint density at radius 2 is 2.08 bits per heavy atom. The van der Waals surface area contributed by atoms with Gasteiger partial charge in [0.15, 0.2) is 0 Å². The first-order valence-corrected chi connectivity index (χ1v) is 8.13. The number of carbonyl (C=O) groups excluding carboxylic acids is 1. The molecule has 2 aromatic heterocycles. The fourth-order valence-corrected chi connectivity index (χ4v) is 2.61. The third kappa shape index (κ3) is 3.16. The van der Waals surface area contributed by atoms with Crippen molar-refractivity contribution in [3.8, 4) is 16.9 Å². The van der Waals surface area contributed by atoms with Crippen LogP contribution in [0.5, 0.6) is 0 Å². The zero-order valence-electron chi connectivity index (χ0n) is 13.7. The predicted octanol–water partition coefficient (Wildman–Crippen LogP) is 2.38. The van der Waals surface area contributed by atoms with Gasteiger partial charge in [0.05, 0.1) is 17.4 Å². The molecule has 4 rings (SSSR count). The summed E-state index contributed by atoms with van der Waals surface area (Å²) in [7, 11) is 0. The third-order valence-electron chi connectivity index (χ3n) is 4.15. The molecule has 0 unspecified atom stereocenters. The summed E-state index contributed by atoms with van der Waals surface area (Å²) in [5.74, 6) is -0.902. The number of benzene rings is 1. The second kappa shape index (κ2) is 6.40. The van der Waals surface area contributed by atoms with Crippen molar-refractivity contribution in [3.63, 3.8) is 0 Å². The Morgan fingerprint density at radius 3 is 2.85 bits per heavy atom. The van der Waals surface area contributed by atoms with Crippen LogP contribution in [0.3, 0.4) is 0 Å². The van der Waals surface area contributed by atoms with Crippen LogP contribution in [0.15, 0.2) is 48.9 Å². The Morgan fingerprint density at radius 1 is 1.23 bits per heavy atom. The molecule has 1 aromatic carbocycles. The molecule has 8 heteroatoms. The first-order valence-electron chi connectivity index (χ1n) is 8.13. The van der Waals surface area contributed by atoms with Crippen molar-refractivity contribution < 1.29 is 14.7 Å². The van der Waals surface area contributed by atoms with Crippen LogP contribution in [-0.4, -0.2) is 37.0 Å². The molecular formula is C18H15N5O3. The lowest BCUT2D eigenvalue weighted by molar-refractivity contribution is -0.117. The SMILES string of the molecule is O=C(O)c1ccncc1-c1cn(-c2cccc(NC(=O)C3CC3)c2)nn1. The number of nitrogens with zero attached hydrogens (tertiary/aromatic N) is 4. The summed E-state index contributed by atoms with van der Waals surface area (Å²) in [6, 6.07) is 8.66. The number of amides is 1. The van der Waals surface area contributed by atoms with Crippen molar-refractivity contribution in [2.45, 2.75) is 12.8 Å². The van der Waals surface area contributed by atoms with Gasteiger partial charge in [-0.05, 0) is 37.1 Å². The molecule has 130 valence electrons. The number of rotatable bonds is 5. The molecule has 1 aliphatic rings. The van der Waals surface area contributed by atoms with E-state index in [2.05, 4.69) is 20.6 Å². The van der Waals surface area contributed by atoms with Gasteiger partial charge in [-0.3, -0.25) is 9.78 Å². The topological polar surface area (TPSA) is 110 Å². The maximum Gasteiger partial charge on any atom is 0.336 e. The average molecular weight is 349 g/mol. The second-order valence-corrected chi connectivity index (χ2v) is 6.09. The molecule has 1 fully saturated rings. The van der Waals surface area contributed by atoms with Crippen molar-refractivity contribution in [2.75, 3.05) is 5.32 Å². The van der Waals surface area contributed by atoms with Crippen LogP contribution >= 0.6 is 0 Å². The Labute approximate surface area is 148 Å². The molecule has 0 saturated heterocycles. The van der Waals surface area contributed by atoms with Gasteiger partial charge < -0.3 is 10.4 Å². The minimum Gasteiger partial charge on any atom is -0.478 e. The Hall–Kier alpha value is -3.55. The van der Waals surface area contributed by atoms with Gasteiger partial charge in [0.25, 0.3) is 0 Å². The molecule has 1 aliphatic carbocycles. The lowest BCUT2D eigenvalue weighted by Gasteiger charge is -2.06. The fraction of sp³-hybridized carbons (Fsp3) is 0.167. The number of hydrogen-bond donors (Lipinski definition) is 2. The smallest absolute Gasteiger partial charge is 0.336 e. The summed E-state index contributed by atoms with van der Waals surface area (Å²) < 4.78 is 1.53. The standard InChI is InChI=1S/C18H15N5O3/c24-17(11-4-5-11)20-12-2-1-3-13(8-12)23-10-16(21-22-23)15-9-19-7-6-14(15)18(25)26/h1-3,6-11H,4-5H2,(H,20,24)(H,25,26). The normalized spacial score (nSPS) is 13.4. The molecule has 0 aliphatic heterocycles. The molecule has 0 atom stereocenters. The van der Waals surface area contributed by atoms with Crippen LogP contribution in [0.4, 0.5) is 5.69 Å². The lowest BCUT2D eigenvalue weighted by Crippen LogP contribution is -2.13. The number of aromatic carboxylic acids is 1. The number of nitrogens with one attached hydrogen (secondary N) is 1. The highest BCUT2D eigenvalue weighted by Gasteiger charge is 2.29. The molecular weight excluding hydrogens is 334 g/mol. The number of carboxylic acids is 1. The molecule has 1 amide bonds. The quantitative estimate of drug-likeness (QED) is 0.732. The maximum absolute atomic E-state index is 11.9. The Kier molecular flexibility index (Phi) is 3.92. The molecule has 2 N–H and O–H groups in total. The first kappa shape index (κ1) is 15.9. The van der Waals surface area contributed by atoms with E-state index in [9.17, 15) is 14.7 Å². The number of pyridine rings is 1. The Bertz CT molecular complexity index is 994. The highest BCUT2D eigenvalue weighted by Crippen LogP contribution is 2.30. The van der Waals surface area contributed by atoms with E-state index in [1.54, 1.807) is 12.3 Å². The van der Waals surface area contributed by atoms with Gasteiger partial charge in [-0.15, -0.1) is 5.10 Å². The fourth-order valence-electron chi connectivity index (χ4n) is 2.61. The van der Waals surface area contributed by atoms with Crippen molar-refractivity contribution in [3.05, 3.63) is 54.5 Å². The van der Waals surface area contributed by atoms with Crippen LogP contribution in [0.2, 0.25) is 0 Å². The van der Waals surface area contributed by atoms with E-state index >= 15 is 0 Å². The van der Waals surface area contributed by atoms with Crippen molar-refractivity contribution >= 4 is 17.6 Å². The van der Waals surface area contributed by atoms with Crippen LogP contribution in [0.1, 0.15) is 23.2 Å². The molecule has 8 nitrogen and oxygen atoms in total. The number of hydrogen-bond acceptors (Lipinski definition) is 5. The summed E-state index contributed by atoms with van der Waals surface area (Å²) in [4.78, 5) is 27.2. The van der Waals surface area contributed by atoms with Gasteiger partial charge in [0.2, 0.25) is 5.91 Å². The molecule has 26 heavy (non-hydrogen) atoms. The minimum atomic E-state index is -1.05. The first-order chi connectivity index (χ1) is 12.6. The summed E-state index contributed by atoms with van der Waals surface area (Å²) in [6.45, 7) is 0. The molecule has 0 bridgehead atoms. The van der Waals surface area contributed by atoms with Crippen molar-refractivity contribution in [2.24, 2.45) is 5.92 Å². The van der Waals surface area contributed by atoms with E-state index in [1.165, 1.54) is 23.1 Å². The number of aromatic nitrogens is 4. The summed E-state index contributed by atoms with van der Waals surface area (Å²) in [5, 5.41) is 20.3. The molecule has 1 saturated carbocycles. The van der Waals surface area contributed by atoms with E-state index in [4.69, 9.17) is 0 Å². The van der Waals surface area contributed by atoms with Gasteiger partial charge in [0, 0.05) is 29.6 Å². The number of anilines is 1. The summed E-state index contributed by atoms with van der Waals surface area (Å²) in [6.07, 6.45) is 6.38. The van der Waals surface area contributed by atoms with Crippen LogP contribution in [0.25, 0.3) is 16.9 Å². The van der Waals surface area contributed by atoms with Crippen molar-refractivity contribution in [1.29, 1.82) is 0 Å². The summed E-state index contributed by atoms with van der Waals surface area (Å²) in [5.41, 5.74) is 2.30. The maximum atomic E-state index is 11.9. The van der Waals surface area contributed by atoms with Gasteiger partial charge in [-0.1, -0.05) is 11.3 Å². The van der Waals surface area contributed by atoms with Gasteiger partial charge in [0.1, 0.15) is 5.69 Å². The molecule has 0 spiro atoms. The van der Waals surface area contributed by atoms with Crippen molar-refractivity contribution in [1.82, 2.24) is 20.0 Å². The van der Waals surface area contributed by atoms with E-state index in [0.29, 0.717) is 22.6 Å². The number of carboxylic acid groups (broad SMARTS) is 1. The summed E-state index contributed by atoms with van der Waals surface area (Å²) >= 11 is 0. The van der Waals surface area contributed by atoms with Gasteiger partial charge >= 0.3 is 5.97 Å². The van der Waals surface area contributed by atoms with E-state index in [-0.39, 0.29) is 17.4 Å². The lowest BCUT2D eigenvalue weighted by atomic mass is 10.1. The second-order valence-electron chi connectivity index (χ2n) is 6.09. The van der Waals surface area contributed by atoms with Gasteiger partial charge in [-0.2, -0.15) is 0 Å². The molecule has 0 radical (unpaired) electrons. The van der Waals surface area contributed by atoms with E-state index < -0.39 is 5.97 Å². The highest BCUT2D eigenvalue weighted by molar-refractivity contribution is 5.95. The third-order valence-corrected chi connectivity index (χ3v) is 4.15.